The third-order valence-electron chi connectivity index (χ3n) is 4.74. The normalized spacial score (nSPS) is 29.3. The average Bonchev–Trinajstić information content (AvgIpc) is 2.83. The largest absolute Gasteiger partial charge is 0.457 e. The van der Waals surface area contributed by atoms with E-state index in [-0.39, 0.29) is 35.4 Å². The fourth-order valence-corrected chi connectivity index (χ4v) is 3.97. The molecular weight excluding hydrogens is 506 g/mol. The van der Waals surface area contributed by atoms with Crippen LogP contribution >= 0.6 is 45.2 Å². The van der Waals surface area contributed by atoms with Crippen molar-refractivity contribution in [3.8, 4) is 0 Å². The smallest absolute Gasteiger partial charge is 0.310 e. The molecular formula is C17H20I2O3. The Morgan fingerprint density at radius 1 is 1.45 bits per heavy atom. The molecule has 0 N–H and O–H groups in total. The number of carbonyl (C=O) groups excluding carboxylic acids is 2. The highest BCUT2D eigenvalue weighted by molar-refractivity contribution is 14.2. The van der Waals surface area contributed by atoms with Gasteiger partial charge in [-0.2, -0.15) is 0 Å². The number of ether oxygens (including phenoxy) is 1. The SMILES string of the molecule is C=CCC1=C(C)C(OC(=O)[C@@H]2[C@H](C=C(I)I)C2(C)C)CC1=O. The second-order valence-electron chi connectivity index (χ2n) is 6.49. The number of hydrogen-bond donors (Lipinski definition) is 0. The van der Waals surface area contributed by atoms with Gasteiger partial charge in [-0.15, -0.1) is 6.58 Å². The van der Waals surface area contributed by atoms with Crippen LogP contribution in [0.3, 0.4) is 0 Å². The van der Waals surface area contributed by atoms with Crippen LogP contribution in [0.15, 0.2) is 31.5 Å². The highest BCUT2D eigenvalue weighted by Crippen LogP contribution is 2.60. The van der Waals surface area contributed by atoms with Crippen molar-refractivity contribution in [2.45, 2.75) is 39.7 Å². The summed E-state index contributed by atoms with van der Waals surface area (Å²) in [4.78, 5) is 24.5. The van der Waals surface area contributed by atoms with Gasteiger partial charge in [0.1, 0.15) is 6.10 Å². The van der Waals surface area contributed by atoms with Crippen LogP contribution in [-0.4, -0.2) is 17.9 Å². The number of esters is 1. The van der Waals surface area contributed by atoms with Crippen molar-refractivity contribution in [3.05, 3.63) is 31.5 Å². The molecule has 0 aliphatic heterocycles. The summed E-state index contributed by atoms with van der Waals surface area (Å²) in [7, 11) is 0. The van der Waals surface area contributed by atoms with Gasteiger partial charge < -0.3 is 4.74 Å². The van der Waals surface area contributed by atoms with E-state index in [1.165, 1.54) is 0 Å². The fraction of sp³-hybridized carbons (Fsp3) is 0.529. The molecule has 0 bridgehead atoms. The quantitative estimate of drug-likeness (QED) is 0.295. The zero-order valence-corrected chi connectivity index (χ0v) is 17.3. The summed E-state index contributed by atoms with van der Waals surface area (Å²) in [5.41, 5.74) is 1.57. The van der Waals surface area contributed by atoms with E-state index in [4.69, 9.17) is 4.74 Å². The molecule has 0 aromatic rings. The molecule has 0 heterocycles. The van der Waals surface area contributed by atoms with Crippen molar-refractivity contribution in [2.24, 2.45) is 17.3 Å². The summed E-state index contributed by atoms with van der Waals surface area (Å²) in [6.45, 7) is 9.72. The maximum Gasteiger partial charge on any atom is 0.310 e. The predicted octanol–water partition coefficient (Wildman–Crippen LogP) is 4.75. The molecule has 0 aromatic heterocycles. The molecule has 120 valence electrons. The summed E-state index contributed by atoms with van der Waals surface area (Å²) in [5.74, 6) is -0.00274. The second-order valence-corrected chi connectivity index (χ2v) is 10.9. The minimum Gasteiger partial charge on any atom is -0.457 e. The summed E-state index contributed by atoms with van der Waals surface area (Å²) >= 11 is 4.50. The van der Waals surface area contributed by atoms with Gasteiger partial charge in [0.15, 0.2) is 5.78 Å². The van der Waals surface area contributed by atoms with E-state index < -0.39 is 6.10 Å². The van der Waals surface area contributed by atoms with Crippen LogP contribution in [0.2, 0.25) is 0 Å². The molecule has 0 radical (unpaired) electrons. The number of ketones is 1. The summed E-state index contributed by atoms with van der Waals surface area (Å²) in [6, 6.07) is 0. The van der Waals surface area contributed by atoms with Crippen molar-refractivity contribution in [2.75, 3.05) is 0 Å². The number of rotatable bonds is 5. The van der Waals surface area contributed by atoms with Crippen LogP contribution in [0.5, 0.6) is 0 Å². The monoisotopic (exact) mass is 526 g/mol. The van der Waals surface area contributed by atoms with E-state index in [1.807, 2.05) is 6.92 Å². The zero-order chi connectivity index (χ0) is 16.7. The molecule has 0 spiro atoms. The lowest BCUT2D eigenvalue weighted by Gasteiger charge is -2.13. The van der Waals surface area contributed by atoms with Crippen LogP contribution in [0.4, 0.5) is 0 Å². The molecule has 5 heteroatoms. The standard InChI is InChI=1S/C17H20I2O3/c1-5-6-10-9(2)13(8-12(10)20)22-16(21)15-11(7-14(18)19)17(15,3)4/h5,7,11,13,15H,1,6,8H2,2-4H3/t11-,13?,15-/m0/s1. The number of allylic oxidation sites excluding steroid dienone is 3. The topological polar surface area (TPSA) is 43.4 Å². The van der Waals surface area contributed by atoms with Crippen LogP contribution < -0.4 is 0 Å². The molecule has 3 nitrogen and oxygen atoms in total. The Labute approximate surface area is 158 Å². The first-order chi connectivity index (χ1) is 10.2. The lowest BCUT2D eigenvalue weighted by molar-refractivity contribution is -0.150. The van der Waals surface area contributed by atoms with Gasteiger partial charge in [-0.05, 0) is 75.4 Å². The Kier molecular flexibility index (Phi) is 5.57. The van der Waals surface area contributed by atoms with Gasteiger partial charge in [-0.1, -0.05) is 26.0 Å². The van der Waals surface area contributed by atoms with Crippen molar-refractivity contribution >= 4 is 56.9 Å². The lowest BCUT2D eigenvalue weighted by Crippen LogP contribution is -2.20. The Hall–Kier alpha value is -0.180. The number of Topliss-reactive ketones (excluding diaryl/α,β-unsaturated/α-hetero) is 1. The number of carbonyl (C=O) groups is 2. The van der Waals surface area contributed by atoms with E-state index in [9.17, 15) is 9.59 Å². The van der Waals surface area contributed by atoms with Crippen molar-refractivity contribution in [1.82, 2.24) is 0 Å². The Morgan fingerprint density at radius 2 is 2.09 bits per heavy atom. The molecule has 3 atom stereocenters. The second kappa shape index (κ2) is 6.75. The lowest BCUT2D eigenvalue weighted by atomic mass is 10.1. The molecule has 1 unspecified atom stereocenters. The number of hydrogen-bond acceptors (Lipinski definition) is 3. The highest BCUT2D eigenvalue weighted by Gasteiger charge is 2.62. The zero-order valence-electron chi connectivity index (χ0n) is 13.0. The molecule has 0 amide bonds. The Balaban J connectivity index is 2.07. The van der Waals surface area contributed by atoms with E-state index in [0.29, 0.717) is 6.42 Å². The van der Waals surface area contributed by atoms with Gasteiger partial charge in [0.2, 0.25) is 0 Å². The summed E-state index contributed by atoms with van der Waals surface area (Å²) < 4.78 is 6.81. The summed E-state index contributed by atoms with van der Waals surface area (Å²) in [6.07, 6.45) is 4.27. The Morgan fingerprint density at radius 3 is 2.64 bits per heavy atom. The maximum absolute atomic E-state index is 12.5. The molecule has 22 heavy (non-hydrogen) atoms. The Bertz CT molecular complexity index is 583. The third-order valence-corrected chi connectivity index (χ3v) is 5.46. The van der Waals surface area contributed by atoms with E-state index in [0.717, 1.165) is 12.7 Å². The molecule has 0 saturated heterocycles. The van der Waals surface area contributed by atoms with Crippen LogP contribution in [0, 0.1) is 17.3 Å². The fourth-order valence-electron chi connectivity index (χ4n) is 3.20. The van der Waals surface area contributed by atoms with Gasteiger partial charge in [0.25, 0.3) is 0 Å². The van der Waals surface area contributed by atoms with Gasteiger partial charge in [-0.25, -0.2) is 0 Å². The molecule has 2 aliphatic rings. The first-order valence-electron chi connectivity index (χ1n) is 7.27. The summed E-state index contributed by atoms with van der Waals surface area (Å²) in [5, 5.41) is 0. The van der Waals surface area contributed by atoms with Crippen molar-refractivity contribution in [3.63, 3.8) is 0 Å². The van der Waals surface area contributed by atoms with E-state index >= 15 is 0 Å². The highest BCUT2D eigenvalue weighted by atomic mass is 127. The van der Waals surface area contributed by atoms with E-state index in [2.05, 4.69) is 71.7 Å². The molecule has 1 saturated carbocycles. The van der Waals surface area contributed by atoms with Crippen molar-refractivity contribution in [1.29, 1.82) is 0 Å². The molecule has 2 aliphatic carbocycles. The van der Waals surface area contributed by atoms with Gasteiger partial charge >= 0.3 is 5.97 Å². The van der Waals surface area contributed by atoms with Gasteiger partial charge in [0, 0.05) is 7.16 Å². The van der Waals surface area contributed by atoms with Gasteiger partial charge in [-0.3, -0.25) is 9.59 Å². The average molecular weight is 526 g/mol. The molecule has 2 rings (SSSR count). The van der Waals surface area contributed by atoms with E-state index in [1.54, 1.807) is 6.08 Å². The minimum absolute atomic E-state index is 0.0666. The first-order valence-corrected chi connectivity index (χ1v) is 9.43. The maximum atomic E-state index is 12.5. The van der Waals surface area contributed by atoms with Crippen LogP contribution in [-0.2, 0) is 14.3 Å². The van der Waals surface area contributed by atoms with Crippen molar-refractivity contribution < 1.29 is 14.3 Å². The number of halogens is 2. The molecule has 1 fully saturated rings. The first kappa shape index (κ1) is 18.2. The minimum atomic E-state index is -0.394. The third kappa shape index (κ3) is 3.49. The molecule has 0 aromatic carbocycles. The van der Waals surface area contributed by atoms with Crippen LogP contribution in [0.1, 0.15) is 33.6 Å². The predicted molar refractivity (Wildman–Crippen MR) is 104 cm³/mol. The van der Waals surface area contributed by atoms with Crippen LogP contribution in [0.25, 0.3) is 0 Å². The van der Waals surface area contributed by atoms with Gasteiger partial charge in [0.05, 0.1) is 12.3 Å².